The van der Waals surface area contributed by atoms with Gasteiger partial charge in [0.1, 0.15) is 23.4 Å². The third-order valence-corrected chi connectivity index (χ3v) is 6.34. The Morgan fingerprint density at radius 1 is 1.11 bits per heavy atom. The van der Waals surface area contributed by atoms with Gasteiger partial charge in [-0.15, -0.1) is 0 Å². The molecule has 1 heterocycles. The molecule has 1 aliphatic rings. The highest BCUT2D eigenvalue weighted by atomic mass is 19.1. The number of hydrogen-bond acceptors (Lipinski definition) is 6. The van der Waals surface area contributed by atoms with Crippen molar-refractivity contribution in [3.8, 4) is 22.6 Å². The van der Waals surface area contributed by atoms with E-state index in [1.165, 1.54) is 19.2 Å². The summed E-state index contributed by atoms with van der Waals surface area (Å²) in [7, 11) is 1.52. The number of aliphatic hydroxyl groups is 1. The van der Waals surface area contributed by atoms with E-state index in [1.807, 2.05) is 26.0 Å². The molecule has 3 aromatic rings. The number of carbonyl (C=O) groups excluding carboxylic acids is 1. The second-order valence-corrected chi connectivity index (χ2v) is 9.57. The smallest absolute Gasteiger partial charge is 0.325 e. The van der Waals surface area contributed by atoms with Gasteiger partial charge in [-0.05, 0) is 80.3 Å². The summed E-state index contributed by atoms with van der Waals surface area (Å²) in [5.41, 5.74) is 11.1. The summed E-state index contributed by atoms with van der Waals surface area (Å²) in [6.45, 7) is 7.76. The monoisotopic (exact) mass is 490 g/mol. The molecule has 0 spiro atoms. The number of nitrogens with one attached hydrogen (secondary N) is 1. The van der Waals surface area contributed by atoms with E-state index in [2.05, 4.69) is 25.2 Å². The third-order valence-electron chi connectivity index (χ3n) is 6.34. The molecule has 1 aliphatic heterocycles. The molecule has 0 amide bonds. The van der Waals surface area contributed by atoms with Crippen molar-refractivity contribution < 1.29 is 23.8 Å². The first-order valence-electron chi connectivity index (χ1n) is 11.7. The maximum Gasteiger partial charge on any atom is 0.325 e. The second-order valence-electron chi connectivity index (χ2n) is 9.57. The van der Waals surface area contributed by atoms with Crippen LogP contribution in [0.1, 0.15) is 49.1 Å². The molecule has 0 bridgehead atoms. The molecule has 0 fully saturated rings. The van der Waals surface area contributed by atoms with Crippen LogP contribution < -0.4 is 20.5 Å². The minimum atomic E-state index is -1.11. The molecular formula is C29H31FN2O4. The largest absolute Gasteiger partial charge is 0.496 e. The minimum absolute atomic E-state index is 0.243. The average molecular weight is 491 g/mol. The molecule has 36 heavy (non-hydrogen) atoms. The molecule has 4 N–H and O–H groups in total. The van der Waals surface area contributed by atoms with Gasteiger partial charge in [-0.1, -0.05) is 18.2 Å². The number of rotatable bonds is 6. The summed E-state index contributed by atoms with van der Waals surface area (Å²) in [4.78, 5) is 11.7. The molecule has 3 aromatic carbocycles. The first kappa shape index (κ1) is 25.4. The Labute approximate surface area is 210 Å². The fraction of sp³-hybridized carbons (Fsp3) is 0.276. The normalized spacial score (nSPS) is 14.8. The molecule has 0 saturated heterocycles. The van der Waals surface area contributed by atoms with Crippen molar-refractivity contribution in [2.45, 2.75) is 39.3 Å². The zero-order chi connectivity index (χ0) is 26.2. The maximum atomic E-state index is 14.3. The van der Waals surface area contributed by atoms with E-state index in [0.29, 0.717) is 33.8 Å². The van der Waals surface area contributed by atoms with Crippen LogP contribution >= 0.6 is 0 Å². The molecule has 7 heteroatoms. The number of anilines is 1. The lowest BCUT2D eigenvalue weighted by atomic mass is 9.81. The van der Waals surface area contributed by atoms with Crippen LogP contribution in [0.4, 0.5) is 10.1 Å². The van der Waals surface area contributed by atoms with Crippen LogP contribution in [0.15, 0.2) is 54.6 Å². The number of benzene rings is 3. The summed E-state index contributed by atoms with van der Waals surface area (Å²) in [5, 5.41) is 15.3. The molecule has 0 radical (unpaired) electrons. The van der Waals surface area contributed by atoms with Crippen molar-refractivity contribution in [2.24, 2.45) is 5.73 Å². The van der Waals surface area contributed by atoms with Crippen molar-refractivity contribution in [2.75, 3.05) is 19.0 Å². The molecule has 0 saturated carbocycles. The molecule has 188 valence electrons. The Morgan fingerprint density at radius 3 is 2.53 bits per heavy atom. The summed E-state index contributed by atoms with van der Waals surface area (Å²) in [6.07, 6.45) is 0.997. The molecule has 0 aromatic heterocycles. The molecule has 1 atom stereocenters. The number of allylic oxidation sites excluding steroid dienone is 1. The Morgan fingerprint density at radius 2 is 1.83 bits per heavy atom. The quantitative estimate of drug-likeness (QED) is 0.318. The van der Waals surface area contributed by atoms with Crippen LogP contribution in [0.5, 0.6) is 11.5 Å². The van der Waals surface area contributed by atoms with Crippen LogP contribution in [-0.2, 0) is 4.79 Å². The van der Waals surface area contributed by atoms with Gasteiger partial charge in [0.2, 0.25) is 0 Å². The van der Waals surface area contributed by atoms with Crippen molar-refractivity contribution >= 4 is 17.2 Å². The molecule has 6 nitrogen and oxygen atoms in total. The van der Waals surface area contributed by atoms with Gasteiger partial charge in [-0.2, -0.15) is 0 Å². The zero-order valence-electron chi connectivity index (χ0n) is 21.1. The second kappa shape index (κ2) is 9.76. The first-order valence-corrected chi connectivity index (χ1v) is 11.7. The predicted octanol–water partition coefficient (Wildman–Crippen LogP) is 5.36. The lowest BCUT2D eigenvalue weighted by Crippen LogP contribution is -2.32. The van der Waals surface area contributed by atoms with E-state index in [9.17, 15) is 14.3 Å². The van der Waals surface area contributed by atoms with Crippen LogP contribution in [-0.4, -0.2) is 30.3 Å². The van der Waals surface area contributed by atoms with E-state index in [0.717, 1.165) is 22.4 Å². The number of fused-ring (bicyclic) bond motifs is 1. The number of aliphatic hydroxyl groups excluding tert-OH is 1. The SMILES string of the molecule is COc1cc(OC(=O)CN)ccc1-c1ccc2c(c1C(O)c1cc(F)ccc1C)C(C)=CC(C)(C)N2. The summed E-state index contributed by atoms with van der Waals surface area (Å²) < 4.78 is 25.2. The Balaban J connectivity index is 1.97. The number of nitrogens with two attached hydrogens (primary N) is 1. The van der Waals surface area contributed by atoms with Crippen LogP contribution in [0.3, 0.4) is 0 Å². The Bertz CT molecular complexity index is 1360. The van der Waals surface area contributed by atoms with Crippen molar-refractivity contribution in [3.63, 3.8) is 0 Å². The fourth-order valence-electron chi connectivity index (χ4n) is 4.86. The standard InChI is InChI=1S/C29H31FN2O4/c1-16-6-7-18(30)12-22(16)28(34)27-21(10-11-23-26(27)17(2)14-29(3,4)32-23)20-9-8-19(13-24(20)35-5)36-25(33)15-31/h6-14,28,32,34H,15,31H2,1-5H3. The molecule has 4 rings (SSSR count). The van der Waals surface area contributed by atoms with Gasteiger partial charge < -0.3 is 25.6 Å². The Kier molecular flexibility index (Phi) is 6.89. The Hall–Kier alpha value is -3.68. The van der Waals surface area contributed by atoms with Crippen molar-refractivity contribution in [3.05, 3.63) is 82.7 Å². The van der Waals surface area contributed by atoms with Gasteiger partial charge in [-0.3, -0.25) is 4.79 Å². The van der Waals surface area contributed by atoms with Gasteiger partial charge in [0.05, 0.1) is 19.2 Å². The third kappa shape index (κ3) is 4.85. The van der Waals surface area contributed by atoms with Gasteiger partial charge in [0.25, 0.3) is 0 Å². The van der Waals surface area contributed by atoms with E-state index in [4.69, 9.17) is 15.2 Å². The van der Waals surface area contributed by atoms with Crippen LogP contribution in [0.25, 0.3) is 16.7 Å². The number of halogens is 1. The summed E-state index contributed by atoms with van der Waals surface area (Å²) in [6, 6.07) is 13.3. The predicted molar refractivity (Wildman–Crippen MR) is 140 cm³/mol. The fourth-order valence-corrected chi connectivity index (χ4v) is 4.86. The van der Waals surface area contributed by atoms with E-state index in [-0.39, 0.29) is 12.1 Å². The van der Waals surface area contributed by atoms with E-state index < -0.39 is 17.9 Å². The number of carbonyl (C=O) groups is 1. The molecule has 1 unspecified atom stereocenters. The van der Waals surface area contributed by atoms with Gasteiger partial charge in [0.15, 0.2) is 0 Å². The highest BCUT2D eigenvalue weighted by Crippen LogP contribution is 2.47. The van der Waals surface area contributed by atoms with E-state index in [1.54, 1.807) is 24.3 Å². The van der Waals surface area contributed by atoms with Crippen molar-refractivity contribution in [1.82, 2.24) is 0 Å². The topological polar surface area (TPSA) is 93.8 Å². The minimum Gasteiger partial charge on any atom is -0.496 e. The molecular weight excluding hydrogens is 459 g/mol. The van der Waals surface area contributed by atoms with Crippen LogP contribution in [0, 0.1) is 12.7 Å². The first-order chi connectivity index (χ1) is 17.0. The van der Waals surface area contributed by atoms with Crippen LogP contribution in [0.2, 0.25) is 0 Å². The average Bonchev–Trinajstić information content (AvgIpc) is 2.83. The van der Waals surface area contributed by atoms with Gasteiger partial charge in [-0.25, -0.2) is 4.39 Å². The number of hydrogen-bond donors (Lipinski definition) is 3. The number of aryl methyl sites for hydroxylation is 1. The summed E-state index contributed by atoms with van der Waals surface area (Å²) >= 11 is 0. The molecule has 0 aliphatic carbocycles. The number of ether oxygens (including phenoxy) is 2. The highest BCUT2D eigenvalue weighted by molar-refractivity contribution is 5.89. The van der Waals surface area contributed by atoms with Crippen molar-refractivity contribution in [1.29, 1.82) is 0 Å². The lowest BCUT2D eigenvalue weighted by Gasteiger charge is -2.34. The van der Waals surface area contributed by atoms with Gasteiger partial charge >= 0.3 is 5.97 Å². The number of esters is 1. The maximum absolute atomic E-state index is 14.3. The lowest BCUT2D eigenvalue weighted by molar-refractivity contribution is -0.132. The zero-order valence-corrected chi connectivity index (χ0v) is 21.1. The summed E-state index contributed by atoms with van der Waals surface area (Å²) in [5.74, 6) is -0.235. The van der Waals surface area contributed by atoms with E-state index >= 15 is 0 Å². The van der Waals surface area contributed by atoms with Gasteiger partial charge in [0, 0.05) is 28.4 Å². The number of methoxy groups -OCH3 is 1. The highest BCUT2D eigenvalue weighted by Gasteiger charge is 2.30.